The van der Waals surface area contributed by atoms with Crippen LogP contribution in [0.25, 0.3) is 11.0 Å². The highest BCUT2D eigenvalue weighted by Gasteiger charge is 2.12. The van der Waals surface area contributed by atoms with E-state index in [9.17, 15) is 0 Å². The van der Waals surface area contributed by atoms with Gasteiger partial charge in [0.25, 0.3) is 0 Å². The number of ether oxygens (including phenoxy) is 2. The Bertz CT molecular complexity index is 599. The van der Waals surface area contributed by atoms with Gasteiger partial charge in [-0.2, -0.15) is 11.8 Å². The molecular formula is C15H21N3O3S. The predicted octanol–water partition coefficient (Wildman–Crippen LogP) is 2.27. The Labute approximate surface area is 134 Å². The van der Waals surface area contributed by atoms with Gasteiger partial charge in [-0.3, -0.25) is 4.90 Å². The maximum Gasteiger partial charge on any atom is 0.188 e. The van der Waals surface area contributed by atoms with E-state index < -0.39 is 0 Å². The summed E-state index contributed by atoms with van der Waals surface area (Å²) in [5.41, 5.74) is 0.713. The van der Waals surface area contributed by atoms with Crippen LogP contribution in [0.5, 0.6) is 5.75 Å². The SMILES string of the molecule is COCOc1ccc2c(NCCN3CCSCC3)noc2c1. The number of thioether (sulfide) groups is 1. The molecule has 0 unspecified atom stereocenters. The lowest BCUT2D eigenvalue weighted by molar-refractivity contribution is 0.0512. The highest BCUT2D eigenvalue weighted by atomic mass is 32.2. The molecule has 1 aromatic heterocycles. The first kappa shape index (κ1) is 15.5. The molecule has 0 atom stereocenters. The number of nitrogens with zero attached hydrogens (tertiary/aromatic N) is 2. The average molecular weight is 323 g/mol. The lowest BCUT2D eigenvalue weighted by Gasteiger charge is -2.25. The summed E-state index contributed by atoms with van der Waals surface area (Å²) in [5.74, 6) is 3.97. The van der Waals surface area contributed by atoms with Gasteiger partial charge in [-0.1, -0.05) is 5.16 Å². The van der Waals surface area contributed by atoms with Gasteiger partial charge >= 0.3 is 0 Å². The molecule has 0 radical (unpaired) electrons. The summed E-state index contributed by atoms with van der Waals surface area (Å²) in [6.07, 6.45) is 0. The van der Waals surface area contributed by atoms with Crippen molar-refractivity contribution in [2.24, 2.45) is 0 Å². The first-order valence-electron chi connectivity index (χ1n) is 7.42. The van der Waals surface area contributed by atoms with Crippen molar-refractivity contribution in [1.29, 1.82) is 0 Å². The zero-order valence-electron chi connectivity index (χ0n) is 12.7. The number of anilines is 1. The highest BCUT2D eigenvalue weighted by Crippen LogP contribution is 2.26. The van der Waals surface area contributed by atoms with Gasteiger partial charge in [-0.05, 0) is 12.1 Å². The molecule has 1 aliphatic heterocycles. The van der Waals surface area contributed by atoms with Crippen LogP contribution in [0.1, 0.15) is 0 Å². The standard InChI is InChI=1S/C15H21N3O3S/c1-19-11-20-12-2-3-13-14(10-12)21-17-15(13)16-4-5-18-6-8-22-9-7-18/h2-3,10H,4-9,11H2,1H3,(H,16,17). The molecule has 0 amide bonds. The molecule has 0 spiro atoms. The van der Waals surface area contributed by atoms with Crippen molar-refractivity contribution in [3.63, 3.8) is 0 Å². The Balaban J connectivity index is 1.57. The summed E-state index contributed by atoms with van der Waals surface area (Å²) in [4.78, 5) is 2.47. The smallest absolute Gasteiger partial charge is 0.188 e. The highest BCUT2D eigenvalue weighted by molar-refractivity contribution is 7.99. The Kier molecular flexibility index (Phi) is 5.42. The molecule has 1 saturated heterocycles. The third-order valence-corrected chi connectivity index (χ3v) is 4.55. The Hall–Kier alpha value is -1.44. The molecule has 2 heterocycles. The van der Waals surface area contributed by atoms with Crippen molar-refractivity contribution in [2.75, 3.05) is 56.9 Å². The van der Waals surface area contributed by atoms with Crippen molar-refractivity contribution >= 4 is 28.5 Å². The van der Waals surface area contributed by atoms with E-state index in [1.165, 1.54) is 24.6 Å². The average Bonchev–Trinajstić information content (AvgIpc) is 2.96. The number of fused-ring (bicyclic) bond motifs is 1. The monoisotopic (exact) mass is 323 g/mol. The van der Waals surface area contributed by atoms with E-state index in [2.05, 4.69) is 15.4 Å². The molecule has 1 N–H and O–H groups in total. The molecule has 1 aliphatic rings. The molecule has 2 aromatic rings. The lowest BCUT2D eigenvalue weighted by Crippen LogP contribution is -2.36. The normalized spacial score (nSPS) is 16.0. The summed E-state index contributed by atoms with van der Waals surface area (Å²) < 4.78 is 15.6. The number of hydrogen-bond acceptors (Lipinski definition) is 7. The van der Waals surface area contributed by atoms with Crippen LogP contribution < -0.4 is 10.1 Å². The van der Waals surface area contributed by atoms with Crippen LogP contribution >= 0.6 is 11.8 Å². The van der Waals surface area contributed by atoms with Crippen LogP contribution in [0.15, 0.2) is 22.7 Å². The van der Waals surface area contributed by atoms with E-state index in [4.69, 9.17) is 14.0 Å². The van der Waals surface area contributed by atoms with Crippen molar-refractivity contribution < 1.29 is 14.0 Å². The van der Waals surface area contributed by atoms with Gasteiger partial charge in [-0.25, -0.2) is 0 Å². The van der Waals surface area contributed by atoms with Crippen LogP contribution in [0.4, 0.5) is 5.82 Å². The van der Waals surface area contributed by atoms with Crippen molar-refractivity contribution in [3.05, 3.63) is 18.2 Å². The third kappa shape index (κ3) is 3.85. The summed E-state index contributed by atoms with van der Waals surface area (Å²) in [5, 5.41) is 8.43. The van der Waals surface area contributed by atoms with Crippen molar-refractivity contribution in [1.82, 2.24) is 10.1 Å². The molecule has 0 bridgehead atoms. The van der Waals surface area contributed by atoms with Crippen LogP contribution in [0.2, 0.25) is 0 Å². The molecule has 3 rings (SSSR count). The Morgan fingerprint density at radius 1 is 1.36 bits per heavy atom. The van der Waals surface area contributed by atoms with E-state index in [0.717, 1.165) is 24.3 Å². The fourth-order valence-corrected chi connectivity index (χ4v) is 3.40. The molecule has 22 heavy (non-hydrogen) atoms. The van der Waals surface area contributed by atoms with Crippen LogP contribution in [-0.2, 0) is 4.74 Å². The molecule has 120 valence electrons. The van der Waals surface area contributed by atoms with Gasteiger partial charge in [0.05, 0.1) is 5.39 Å². The fraction of sp³-hybridized carbons (Fsp3) is 0.533. The van der Waals surface area contributed by atoms with E-state index >= 15 is 0 Å². The van der Waals surface area contributed by atoms with Gasteiger partial charge in [0.15, 0.2) is 18.2 Å². The van der Waals surface area contributed by atoms with Gasteiger partial charge in [0, 0.05) is 50.9 Å². The summed E-state index contributed by atoms with van der Waals surface area (Å²) in [6, 6.07) is 5.68. The topological polar surface area (TPSA) is 59.8 Å². The zero-order valence-corrected chi connectivity index (χ0v) is 13.5. The van der Waals surface area contributed by atoms with Gasteiger partial charge < -0.3 is 19.3 Å². The summed E-state index contributed by atoms with van der Waals surface area (Å²) in [7, 11) is 1.59. The van der Waals surface area contributed by atoms with Crippen molar-refractivity contribution in [2.45, 2.75) is 0 Å². The van der Waals surface area contributed by atoms with Crippen LogP contribution in [0.3, 0.4) is 0 Å². The Morgan fingerprint density at radius 3 is 3.05 bits per heavy atom. The number of benzene rings is 1. The van der Waals surface area contributed by atoms with Crippen LogP contribution in [0, 0.1) is 0 Å². The van der Waals surface area contributed by atoms with E-state index in [0.29, 0.717) is 11.3 Å². The summed E-state index contributed by atoms with van der Waals surface area (Å²) in [6.45, 7) is 4.47. The predicted molar refractivity (Wildman–Crippen MR) is 88.8 cm³/mol. The van der Waals surface area contributed by atoms with E-state index in [1.807, 2.05) is 30.0 Å². The summed E-state index contributed by atoms with van der Waals surface area (Å²) >= 11 is 2.03. The molecule has 1 aromatic carbocycles. The van der Waals surface area contributed by atoms with E-state index in [-0.39, 0.29) is 6.79 Å². The second kappa shape index (κ2) is 7.71. The van der Waals surface area contributed by atoms with Crippen LogP contribution in [-0.4, -0.2) is 61.6 Å². The first-order chi connectivity index (χ1) is 10.9. The fourth-order valence-electron chi connectivity index (χ4n) is 2.42. The van der Waals surface area contributed by atoms with Gasteiger partial charge in [0.1, 0.15) is 5.75 Å². The molecule has 1 fully saturated rings. The zero-order chi connectivity index (χ0) is 15.2. The van der Waals surface area contributed by atoms with Gasteiger partial charge in [0.2, 0.25) is 0 Å². The lowest BCUT2D eigenvalue weighted by atomic mass is 10.2. The van der Waals surface area contributed by atoms with Gasteiger partial charge in [-0.15, -0.1) is 0 Å². The number of hydrogen-bond donors (Lipinski definition) is 1. The largest absolute Gasteiger partial charge is 0.467 e. The van der Waals surface area contributed by atoms with Crippen molar-refractivity contribution in [3.8, 4) is 5.75 Å². The number of rotatable bonds is 7. The first-order valence-corrected chi connectivity index (χ1v) is 8.57. The van der Waals surface area contributed by atoms with E-state index in [1.54, 1.807) is 7.11 Å². The second-order valence-electron chi connectivity index (χ2n) is 5.12. The number of nitrogens with one attached hydrogen (secondary N) is 1. The molecular weight excluding hydrogens is 302 g/mol. The minimum Gasteiger partial charge on any atom is -0.467 e. The quantitative estimate of drug-likeness (QED) is 0.784. The minimum atomic E-state index is 0.221. The number of methoxy groups -OCH3 is 1. The molecule has 0 saturated carbocycles. The molecule has 0 aliphatic carbocycles. The maximum atomic E-state index is 5.39. The Morgan fingerprint density at radius 2 is 2.23 bits per heavy atom. The molecule has 6 nitrogen and oxygen atoms in total. The third-order valence-electron chi connectivity index (χ3n) is 3.61. The minimum absolute atomic E-state index is 0.221. The number of aromatic nitrogens is 1. The maximum absolute atomic E-state index is 5.39. The molecule has 7 heteroatoms. The second-order valence-corrected chi connectivity index (χ2v) is 6.35.